The third kappa shape index (κ3) is 3.41. The zero-order valence-corrected chi connectivity index (χ0v) is 14.3. The molecule has 130 valence electrons. The highest BCUT2D eigenvalue weighted by Gasteiger charge is 2.16. The highest BCUT2D eigenvalue weighted by atomic mass is 16.5. The molecule has 0 unspecified atom stereocenters. The van der Waals surface area contributed by atoms with Gasteiger partial charge in [-0.2, -0.15) is 5.10 Å². The van der Waals surface area contributed by atoms with E-state index in [9.17, 15) is 0 Å². The number of nitrogens with zero attached hydrogens (tertiary/aromatic N) is 2. The highest BCUT2D eigenvalue weighted by Crippen LogP contribution is 2.31. The Kier molecular flexibility index (Phi) is 4.85. The van der Waals surface area contributed by atoms with Crippen LogP contribution in [0.4, 0.5) is 0 Å². The van der Waals surface area contributed by atoms with E-state index in [2.05, 4.69) is 15.2 Å². The normalized spacial score (nSPS) is 11.8. The van der Waals surface area contributed by atoms with Crippen molar-refractivity contribution in [3.8, 4) is 28.6 Å². The molecule has 0 spiro atoms. The van der Waals surface area contributed by atoms with Crippen LogP contribution in [0.15, 0.2) is 42.5 Å². The maximum atomic E-state index is 6.28. The topological polar surface area (TPSA) is 95.3 Å². The molecule has 0 radical (unpaired) electrons. The number of benzene rings is 2. The van der Waals surface area contributed by atoms with Gasteiger partial charge in [0.1, 0.15) is 11.6 Å². The van der Waals surface area contributed by atoms with E-state index in [1.54, 1.807) is 21.3 Å². The standard InChI is InChI=1S/C18H20N4O3/c1-23-13-7-4-11(5-8-13)16(19)18-20-17(21-22-18)12-6-9-14(24-2)15(10-12)25-3/h4-10,16H,19H2,1-3H3,(H,20,21,22)/t16-/m0/s1. The van der Waals surface area contributed by atoms with Crippen LogP contribution in [0.3, 0.4) is 0 Å². The summed E-state index contributed by atoms with van der Waals surface area (Å²) < 4.78 is 15.7. The Balaban J connectivity index is 1.86. The monoisotopic (exact) mass is 340 g/mol. The SMILES string of the molecule is COc1ccc([C@H](N)c2nc(-c3ccc(OC)c(OC)c3)n[nH]2)cc1. The zero-order valence-electron chi connectivity index (χ0n) is 14.3. The lowest BCUT2D eigenvalue weighted by Crippen LogP contribution is -2.13. The molecule has 2 aromatic carbocycles. The minimum absolute atomic E-state index is 0.410. The van der Waals surface area contributed by atoms with Gasteiger partial charge in [-0.1, -0.05) is 12.1 Å². The van der Waals surface area contributed by atoms with Gasteiger partial charge < -0.3 is 19.9 Å². The van der Waals surface area contributed by atoms with Gasteiger partial charge in [0.2, 0.25) is 0 Å². The molecular formula is C18H20N4O3. The molecule has 0 aliphatic heterocycles. The second-order valence-corrected chi connectivity index (χ2v) is 5.36. The third-order valence-electron chi connectivity index (χ3n) is 3.91. The number of hydrogen-bond donors (Lipinski definition) is 2. The van der Waals surface area contributed by atoms with E-state index >= 15 is 0 Å². The van der Waals surface area contributed by atoms with Crippen LogP contribution in [-0.4, -0.2) is 36.5 Å². The Morgan fingerprint density at radius 1 is 0.920 bits per heavy atom. The van der Waals surface area contributed by atoms with Crippen molar-refractivity contribution in [2.24, 2.45) is 5.73 Å². The number of nitrogens with one attached hydrogen (secondary N) is 1. The predicted molar refractivity (Wildman–Crippen MR) is 93.9 cm³/mol. The first kappa shape index (κ1) is 16.8. The summed E-state index contributed by atoms with van der Waals surface area (Å²) in [7, 11) is 4.81. The second kappa shape index (κ2) is 7.23. The Morgan fingerprint density at radius 3 is 2.28 bits per heavy atom. The Labute approximate surface area is 145 Å². The average molecular weight is 340 g/mol. The Morgan fingerprint density at radius 2 is 1.64 bits per heavy atom. The summed E-state index contributed by atoms with van der Waals surface area (Å²) in [5.41, 5.74) is 8.00. The quantitative estimate of drug-likeness (QED) is 0.716. The fourth-order valence-electron chi connectivity index (χ4n) is 2.49. The summed E-state index contributed by atoms with van der Waals surface area (Å²) in [5.74, 6) is 3.16. The summed E-state index contributed by atoms with van der Waals surface area (Å²) in [5, 5.41) is 7.17. The molecule has 0 bridgehead atoms. The Hall–Kier alpha value is -3.06. The Bertz CT molecular complexity index is 846. The van der Waals surface area contributed by atoms with Crippen molar-refractivity contribution in [1.82, 2.24) is 15.2 Å². The van der Waals surface area contributed by atoms with E-state index in [-0.39, 0.29) is 0 Å². The third-order valence-corrected chi connectivity index (χ3v) is 3.91. The molecule has 3 aromatic rings. The molecule has 1 atom stereocenters. The van der Waals surface area contributed by atoms with Gasteiger partial charge in [-0.3, -0.25) is 5.10 Å². The lowest BCUT2D eigenvalue weighted by atomic mass is 10.1. The van der Waals surface area contributed by atoms with Crippen LogP contribution in [0, 0.1) is 0 Å². The lowest BCUT2D eigenvalue weighted by Gasteiger charge is -2.09. The van der Waals surface area contributed by atoms with E-state index in [1.165, 1.54) is 0 Å². The van der Waals surface area contributed by atoms with Crippen LogP contribution in [0.25, 0.3) is 11.4 Å². The van der Waals surface area contributed by atoms with Crippen LogP contribution in [-0.2, 0) is 0 Å². The minimum Gasteiger partial charge on any atom is -0.497 e. The number of nitrogens with two attached hydrogens (primary N) is 1. The predicted octanol–water partition coefficient (Wildman–Crippen LogP) is 2.55. The minimum atomic E-state index is -0.410. The van der Waals surface area contributed by atoms with E-state index in [1.807, 2.05) is 42.5 Å². The fourth-order valence-corrected chi connectivity index (χ4v) is 2.49. The maximum absolute atomic E-state index is 6.28. The van der Waals surface area contributed by atoms with Crippen molar-refractivity contribution in [2.45, 2.75) is 6.04 Å². The maximum Gasteiger partial charge on any atom is 0.181 e. The van der Waals surface area contributed by atoms with Crippen molar-refractivity contribution in [1.29, 1.82) is 0 Å². The van der Waals surface area contributed by atoms with Crippen LogP contribution in [0.5, 0.6) is 17.2 Å². The van der Waals surface area contributed by atoms with Gasteiger partial charge in [-0.15, -0.1) is 0 Å². The van der Waals surface area contributed by atoms with E-state index in [0.29, 0.717) is 23.1 Å². The average Bonchev–Trinajstić information content (AvgIpc) is 3.17. The number of hydrogen-bond acceptors (Lipinski definition) is 6. The smallest absolute Gasteiger partial charge is 0.181 e. The molecule has 7 heteroatoms. The van der Waals surface area contributed by atoms with Crippen LogP contribution >= 0.6 is 0 Å². The highest BCUT2D eigenvalue weighted by molar-refractivity contribution is 5.61. The van der Waals surface area contributed by atoms with E-state index in [4.69, 9.17) is 19.9 Å². The molecule has 0 amide bonds. The van der Waals surface area contributed by atoms with Crippen LogP contribution in [0.1, 0.15) is 17.4 Å². The van der Waals surface area contributed by atoms with Crippen molar-refractivity contribution in [2.75, 3.05) is 21.3 Å². The first-order chi connectivity index (χ1) is 12.2. The molecule has 0 saturated heterocycles. The molecule has 0 aliphatic carbocycles. The molecule has 0 aliphatic rings. The molecule has 1 aromatic heterocycles. The molecule has 1 heterocycles. The molecule has 0 fully saturated rings. The fraction of sp³-hybridized carbons (Fsp3) is 0.222. The largest absolute Gasteiger partial charge is 0.497 e. The summed E-state index contributed by atoms with van der Waals surface area (Å²) in [4.78, 5) is 4.51. The lowest BCUT2D eigenvalue weighted by molar-refractivity contribution is 0.355. The van der Waals surface area contributed by atoms with Gasteiger partial charge in [-0.05, 0) is 35.9 Å². The molecule has 7 nitrogen and oxygen atoms in total. The number of aromatic amines is 1. The van der Waals surface area contributed by atoms with Crippen molar-refractivity contribution < 1.29 is 14.2 Å². The van der Waals surface area contributed by atoms with Gasteiger partial charge in [0.15, 0.2) is 17.3 Å². The number of aromatic nitrogens is 3. The summed E-state index contributed by atoms with van der Waals surface area (Å²) in [6.45, 7) is 0. The number of H-pyrrole nitrogens is 1. The molecular weight excluding hydrogens is 320 g/mol. The second-order valence-electron chi connectivity index (χ2n) is 5.36. The van der Waals surface area contributed by atoms with Gasteiger partial charge in [0.25, 0.3) is 0 Å². The van der Waals surface area contributed by atoms with E-state index < -0.39 is 6.04 Å². The molecule has 0 saturated carbocycles. The summed E-state index contributed by atoms with van der Waals surface area (Å²) >= 11 is 0. The number of methoxy groups -OCH3 is 3. The zero-order chi connectivity index (χ0) is 17.8. The molecule has 25 heavy (non-hydrogen) atoms. The van der Waals surface area contributed by atoms with Crippen molar-refractivity contribution >= 4 is 0 Å². The van der Waals surface area contributed by atoms with Gasteiger partial charge >= 0.3 is 0 Å². The van der Waals surface area contributed by atoms with Gasteiger partial charge in [0, 0.05) is 5.56 Å². The molecule has 3 N–H and O–H groups in total. The first-order valence-electron chi connectivity index (χ1n) is 7.70. The van der Waals surface area contributed by atoms with Gasteiger partial charge in [0.05, 0.1) is 27.4 Å². The van der Waals surface area contributed by atoms with Crippen molar-refractivity contribution in [3.05, 3.63) is 53.9 Å². The van der Waals surface area contributed by atoms with E-state index in [0.717, 1.165) is 16.9 Å². The van der Waals surface area contributed by atoms with Crippen LogP contribution < -0.4 is 19.9 Å². The summed E-state index contributed by atoms with van der Waals surface area (Å²) in [6, 6.07) is 12.6. The number of rotatable bonds is 6. The van der Waals surface area contributed by atoms with Crippen LogP contribution in [0.2, 0.25) is 0 Å². The molecule has 3 rings (SSSR count). The summed E-state index contributed by atoms with van der Waals surface area (Å²) in [6.07, 6.45) is 0. The van der Waals surface area contributed by atoms with Crippen molar-refractivity contribution in [3.63, 3.8) is 0 Å². The number of ether oxygens (including phenoxy) is 3. The first-order valence-corrected chi connectivity index (χ1v) is 7.70. The van der Waals surface area contributed by atoms with Gasteiger partial charge in [-0.25, -0.2) is 4.98 Å².